The quantitative estimate of drug-likeness (QED) is 0.493. The zero-order chi connectivity index (χ0) is 14.8. The Morgan fingerprint density at radius 2 is 1.48 bits per heavy atom. The Kier molecular flexibility index (Phi) is 3.76. The van der Waals surface area contributed by atoms with E-state index in [1.807, 2.05) is 36.4 Å². The molecule has 0 bridgehead atoms. The molecule has 0 saturated heterocycles. The van der Waals surface area contributed by atoms with Gasteiger partial charge in [0.1, 0.15) is 13.0 Å². The minimum absolute atomic E-state index is 0.00628. The van der Waals surface area contributed by atoms with Crippen LogP contribution in [0.1, 0.15) is 23.5 Å². The maximum atomic E-state index is 11.5. The van der Waals surface area contributed by atoms with Gasteiger partial charge in [0.2, 0.25) is 5.24 Å². The number of carbonyl (C=O) groups excluding carboxylic acids is 2. The first-order chi connectivity index (χ1) is 10.2. The number of benzene rings is 2. The van der Waals surface area contributed by atoms with E-state index in [1.54, 1.807) is 0 Å². The summed E-state index contributed by atoms with van der Waals surface area (Å²) in [4.78, 5) is 22.2. The monoisotopic (exact) mass is 300 g/mol. The first kappa shape index (κ1) is 13.8. The molecule has 0 saturated carbocycles. The van der Waals surface area contributed by atoms with Crippen LogP contribution >= 0.6 is 11.6 Å². The van der Waals surface area contributed by atoms with Crippen molar-refractivity contribution < 1.29 is 14.3 Å². The normalized spacial score (nSPS) is 12.6. The van der Waals surface area contributed by atoms with Crippen LogP contribution in [0.3, 0.4) is 0 Å². The van der Waals surface area contributed by atoms with E-state index < -0.39 is 17.6 Å². The highest BCUT2D eigenvalue weighted by molar-refractivity contribution is 6.64. The SMILES string of the molecule is O=C(Cl)CC(=O)OCC1c2ccccc2-c2ccccc21. The summed E-state index contributed by atoms with van der Waals surface area (Å²) in [5.74, 6) is -0.580. The second-order valence-corrected chi connectivity index (χ2v) is 5.36. The standard InChI is InChI=1S/C17H13ClO3/c18-16(19)9-17(20)21-10-15-13-7-3-1-5-11(13)12-6-2-4-8-14(12)15/h1-8,15H,9-10H2. The molecule has 0 spiro atoms. The fourth-order valence-electron chi connectivity index (χ4n) is 2.78. The minimum atomic E-state index is -0.702. The van der Waals surface area contributed by atoms with Crippen molar-refractivity contribution in [1.82, 2.24) is 0 Å². The average molecular weight is 301 g/mol. The maximum Gasteiger partial charge on any atom is 0.314 e. The first-order valence-corrected chi connectivity index (χ1v) is 7.07. The Balaban J connectivity index is 1.85. The Bertz CT molecular complexity index is 663. The molecule has 106 valence electrons. The number of halogens is 1. The molecular weight excluding hydrogens is 288 g/mol. The Morgan fingerprint density at radius 1 is 0.952 bits per heavy atom. The van der Waals surface area contributed by atoms with Crippen LogP contribution in [-0.2, 0) is 14.3 Å². The van der Waals surface area contributed by atoms with Gasteiger partial charge in [0.05, 0.1) is 0 Å². The molecule has 3 nitrogen and oxygen atoms in total. The average Bonchev–Trinajstić information content (AvgIpc) is 2.79. The zero-order valence-electron chi connectivity index (χ0n) is 11.2. The summed E-state index contributed by atoms with van der Waals surface area (Å²) in [6.45, 7) is 0.219. The molecule has 0 atom stereocenters. The predicted octanol–water partition coefficient (Wildman–Crippen LogP) is 3.50. The molecule has 0 unspecified atom stereocenters. The van der Waals surface area contributed by atoms with Crippen LogP contribution in [0.25, 0.3) is 11.1 Å². The smallest absolute Gasteiger partial charge is 0.314 e. The highest BCUT2D eigenvalue weighted by Gasteiger charge is 2.29. The zero-order valence-corrected chi connectivity index (χ0v) is 12.0. The molecule has 0 radical (unpaired) electrons. The van der Waals surface area contributed by atoms with Crippen LogP contribution < -0.4 is 0 Å². The lowest BCUT2D eigenvalue weighted by atomic mass is 9.98. The van der Waals surface area contributed by atoms with Gasteiger partial charge >= 0.3 is 5.97 Å². The molecule has 0 amide bonds. The van der Waals surface area contributed by atoms with Gasteiger partial charge in [-0.3, -0.25) is 9.59 Å². The second kappa shape index (κ2) is 5.70. The molecule has 2 aromatic carbocycles. The summed E-state index contributed by atoms with van der Waals surface area (Å²) in [5, 5.41) is -0.702. The van der Waals surface area contributed by atoms with Crippen LogP contribution in [0.4, 0.5) is 0 Å². The van der Waals surface area contributed by atoms with E-state index in [9.17, 15) is 9.59 Å². The molecule has 0 aromatic heterocycles. The molecule has 0 N–H and O–H groups in total. The lowest BCUT2D eigenvalue weighted by molar-refractivity contribution is -0.145. The van der Waals surface area contributed by atoms with E-state index in [2.05, 4.69) is 12.1 Å². The Morgan fingerprint density at radius 3 is 2.00 bits per heavy atom. The summed E-state index contributed by atoms with van der Waals surface area (Å²) in [7, 11) is 0. The fourth-order valence-corrected chi connectivity index (χ4v) is 2.89. The van der Waals surface area contributed by atoms with Gasteiger partial charge in [-0.2, -0.15) is 0 Å². The fraction of sp³-hybridized carbons (Fsp3) is 0.176. The molecule has 0 fully saturated rings. The number of fused-ring (bicyclic) bond motifs is 3. The van der Waals surface area contributed by atoms with Gasteiger partial charge in [-0.05, 0) is 33.9 Å². The van der Waals surface area contributed by atoms with E-state index in [4.69, 9.17) is 16.3 Å². The van der Waals surface area contributed by atoms with Crippen molar-refractivity contribution in [3.05, 3.63) is 59.7 Å². The van der Waals surface area contributed by atoms with Gasteiger partial charge < -0.3 is 4.74 Å². The molecule has 1 aliphatic rings. The second-order valence-electron chi connectivity index (χ2n) is 4.94. The summed E-state index contributed by atoms with van der Waals surface area (Å²) < 4.78 is 5.21. The molecule has 1 aliphatic carbocycles. The molecule has 0 aliphatic heterocycles. The molecule has 3 rings (SSSR count). The van der Waals surface area contributed by atoms with Gasteiger partial charge in [0.15, 0.2) is 0 Å². The van der Waals surface area contributed by atoms with Crippen molar-refractivity contribution >= 4 is 22.8 Å². The third-order valence-corrected chi connectivity index (χ3v) is 3.79. The van der Waals surface area contributed by atoms with Crippen LogP contribution in [0.2, 0.25) is 0 Å². The van der Waals surface area contributed by atoms with Gasteiger partial charge in [0, 0.05) is 5.92 Å². The van der Waals surface area contributed by atoms with E-state index in [1.165, 1.54) is 11.1 Å². The summed E-state index contributed by atoms with van der Waals surface area (Å²) >= 11 is 5.19. The van der Waals surface area contributed by atoms with Crippen molar-refractivity contribution in [1.29, 1.82) is 0 Å². The van der Waals surface area contributed by atoms with E-state index in [0.29, 0.717) is 0 Å². The number of hydrogen-bond donors (Lipinski definition) is 0. The van der Waals surface area contributed by atoms with Crippen LogP contribution in [-0.4, -0.2) is 17.8 Å². The van der Waals surface area contributed by atoms with E-state index in [-0.39, 0.29) is 12.5 Å². The van der Waals surface area contributed by atoms with E-state index in [0.717, 1.165) is 11.1 Å². The van der Waals surface area contributed by atoms with Crippen molar-refractivity contribution in [2.24, 2.45) is 0 Å². The Labute approximate surface area is 127 Å². The van der Waals surface area contributed by atoms with Crippen molar-refractivity contribution in [3.63, 3.8) is 0 Å². The lowest BCUT2D eigenvalue weighted by Gasteiger charge is -2.13. The van der Waals surface area contributed by atoms with E-state index >= 15 is 0 Å². The minimum Gasteiger partial charge on any atom is -0.464 e. The number of esters is 1. The van der Waals surface area contributed by atoms with Crippen molar-refractivity contribution in [2.75, 3.05) is 6.61 Å². The van der Waals surface area contributed by atoms with Gasteiger partial charge in [-0.1, -0.05) is 48.5 Å². The third kappa shape index (κ3) is 2.69. The van der Waals surface area contributed by atoms with Crippen LogP contribution in [0.15, 0.2) is 48.5 Å². The number of ether oxygens (including phenoxy) is 1. The van der Waals surface area contributed by atoms with Crippen molar-refractivity contribution in [2.45, 2.75) is 12.3 Å². The maximum absolute atomic E-state index is 11.5. The molecular formula is C17H13ClO3. The van der Waals surface area contributed by atoms with Gasteiger partial charge in [-0.25, -0.2) is 0 Å². The lowest BCUT2D eigenvalue weighted by Crippen LogP contribution is -2.13. The highest BCUT2D eigenvalue weighted by atomic mass is 35.5. The topological polar surface area (TPSA) is 43.4 Å². The molecule has 2 aromatic rings. The Hall–Kier alpha value is -2.13. The number of carbonyl (C=O) groups is 2. The predicted molar refractivity (Wildman–Crippen MR) is 80.2 cm³/mol. The molecule has 4 heteroatoms. The van der Waals surface area contributed by atoms with Crippen LogP contribution in [0.5, 0.6) is 0 Å². The third-order valence-electron chi connectivity index (χ3n) is 3.66. The largest absolute Gasteiger partial charge is 0.464 e. The molecule has 21 heavy (non-hydrogen) atoms. The summed E-state index contributed by atoms with van der Waals surface area (Å²) in [6.07, 6.45) is -0.391. The van der Waals surface area contributed by atoms with Gasteiger partial charge in [-0.15, -0.1) is 0 Å². The summed E-state index contributed by atoms with van der Waals surface area (Å²) in [6, 6.07) is 16.2. The number of hydrogen-bond acceptors (Lipinski definition) is 3. The van der Waals surface area contributed by atoms with Crippen LogP contribution in [0, 0.1) is 0 Å². The number of rotatable bonds is 4. The van der Waals surface area contributed by atoms with Crippen molar-refractivity contribution in [3.8, 4) is 11.1 Å². The highest BCUT2D eigenvalue weighted by Crippen LogP contribution is 2.44. The van der Waals surface area contributed by atoms with Gasteiger partial charge in [0.25, 0.3) is 0 Å². The summed E-state index contributed by atoms with van der Waals surface area (Å²) in [5.41, 5.74) is 4.62. The first-order valence-electron chi connectivity index (χ1n) is 6.69. The molecule has 0 heterocycles.